The number of rotatable bonds is 4. The van der Waals surface area contributed by atoms with Gasteiger partial charge in [0.25, 0.3) is 5.78 Å². The minimum Gasteiger partial charge on any atom is -0.507 e. The van der Waals surface area contributed by atoms with Gasteiger partial charge in [0.2, 0.25) is 0 Å². The number of carbonyl (C=O) groups is 2. The van der Waals surface area contributed by atoms with Gasteiger partial charge in [-0.2, -0.15) is 0 Å². The Morgan fingerprint density at radius 1 is 1.10 bits per heavy atom. The highest BCUT2D eigenvalue weighted by molar-refractivity contribution is 6.51. The predicted octanol–water partition coefficient (Wildman–Crippen LogP) is 4.87. The van der Waals surface area contributed by atoms with Crippen molar-refractivity contribution in [3.05, 3.63) is 88.4 Å². The van der Waals surface area contributed by atoms with Crippen LogP contribution in [0.15, 0.2) is 64.7 Å². The van der Waals surface area contributed by atoms with E-state index < -0.39 is 23.5 Å². The molecule has 1 fully saturated rings. The molecule has 3 aromatic rings. The van der Waals surface area contributed by atoms with Gasteiger partial charge in [-0.05, 0) is 48.2 Å². The molecule has 0 bridgehead atoms. The predicted molar refractivity (Wildman–Crippen MR) is 113 cm³/mol. The molecule has 1 saturated heterocycles. The number of hydrogen-bond acceptors (Lipinski definition) is 5. The zero-order chi connectivity index (χ0) is 22.3. The highest BCUT2D eigenvalue weighted by Gasteiger charge is 2.48. The number of aliphatic hydroxyl groups excluding tert-OH is 1. The highest BCUT2D eigenvalue weighted by Crippen LogP contribution is 2.42. The van der Waals surface area contributed by atoms with E-state index in [4.69, 9.17) is 4.52 Å². The van der Waals surface area contributed by atoms with Crippen molar-refractivity contribution in [3.63, 3.8) is 0 Å². The van der Waals surface area contributed by atoms with E-state index in [2.05, 4.69) is 19.0 Å². The molecule has 0 saturated carbocycles. The van der Waals surface area contributed by atoms with Crippen molar-refractivity contribution in [1.29, 1.82) is 0 Å². The van der Waals surface area contributed by atoms with Crippen molar-refractivity contribution >= 4 is 23.3 Å². The zero-order valence-electron chi connectivity index (χ0n) is 17.3. The second-order valence-corrected chi connectivity index (χ2v) is 7.79. The lowest BCUT2D eigenvalue weighted by atomic mass is 9.93. The number of carbonyl (C=O) groups excluding carboxylic acids is 2. The molecule has 2 aromatic carbocycles. The Balaban J connectivity index is 1.91. The van der Waals surface area contributed by atoms with Crippen LogP contribution in [0.2, 0.25) is 0 Å². The Morgan fingerprint density at radius 2 is 1.74 bits per heavy atom. The third kappa shape index (κ3) is 3.63. The van der Waals surface area contributed by atoms with E-state index in [-0.39, 0.29) is 22.7 Å². The lowest BCUT2D eigenvalue weighted by Crippen LogP contribution is -2.29. The first-order valence-electron chi connectivity index (χ1n) is 9.88. The fraction of sp³-hybridized carbons (Fsp3) is 0.208. The van der Waals surface area contributed by atoms with E-state index in [1.807, 2.05) is 24.3 Å². The van der Waals surface area contributed by atoms with Crippen LogP contribution in [0.5, 0.6) is 0 Å². The van der Waals surface area contributed by atoms with Gasteiger partial charge in [-0.1, -0.05) is 43.3 Å². The number of aromatic nitrogens is 1. The normalized spacial score (nSPS) is 18.2. The summed E-state index contributed by atoms with van der Waals surface area (Å²) in [6.07, 6.45) is 0. The average Bonchev–Trinajstić information content (AvgIpc) is 3.29. The summed E-state index contributed by atoms with van der Waals surface area (Å²) in [5, 5.41) is 14.9. The zero-order valence-corrected chi connectivity index (χ0v) is 17.3. The summed E-state index contributed by atoms with van der Waals surface area (Å²) in [6, 6.07) is 13.2. The number of anilines is 1. The largest absolute Gasteiger partial charge is 0.507 e. The molecule has 0 spiro atoms. The van der Waals surface area contributed by atoms with Gasteiger partial charge in [0.1, 0.15) is 17.3 Å². The Hall–Kier alpha value is -3.74. The van der Waals surface area contributed by atoms with Crippen LogP contribution in [0, 0.1) is 12.7 Å². The Bertz CT molecular complexity index is 1180. The molecule has 1 aliphatic heterocycles. The van der Waals surface area contributed by atoms with Crippen molar-refractivity contribution < 1.29 is 23.6 Å². The second kappa shape index (κ2) is 7.83. The first kappa shape index (κ1) is 20.5. The van der Waals surface area contributed by atoms with Gasteiger partial charge >= 0.3 is 5.91 Å². The van der Waals surface area contributed by atoms with E-state index >= 15 is 0 Å². The van der Waals surface area contributed by atoms with Crippen LogP contribution in [0.1, 0.15) is 48.3 Å². The van der Waals surface area contributed by atoms with Gasteiger partial charge in [-0.3, -0.25) is 14.5 Å². The fourth-order valence-corrected chi connectivity index (χ4v) is 3.68. The van der Waals surface area contributed by atoms with Crippen molar-refractivity contribution in [2.45, 2.75) is 32.7 Å². The van der Waals surface area contributed by atoms with Crippen LogP contribution >= 0.6 is 0 Å². The summed E-state index contributed by atoms with van der Waals surface area (Å²) in [4.78, 5) is 27.2. The topological polar surface area (TPSA) is 83.6 Å². The minimum absolute atomic E-state index is 0.0884. The molecule has 1 aromatic heterocycles. The van der Waals surface area contributed by atoms with E-state index in [0.29, 0.717) is 17.2 Å². The molecule has 7 heteroatoms. The molecule has 2 heterocycles. The third-order valence-corrected chi connectivity index (χ3v) is 5.34. The standard InChI is InChI=1S/C24H21FN2O4/c1-13(2)15-4-6-16(7-5-15)21-20(22(28)17-8-10-18(25)11-9-17)23(29)24(30)27(21)19-12-14(3)31-26-19/h4-13,21,28H,1-3H3/b22-20+. The SMILES string of the molecule is Cc1cc(N2C(=O)C(=O)/C(=C(/O)c3ccc(F)cc3)C2c2ccc(C(C)C)cc2)no1. The lowest BCUT2D eigenvalue weighted by molar-refractivity contribution is -0.132. The molecule has 1 unspecified atom stereocenters. The molecule has 158 valence electrons. The Labute approximate surface area is 178 Å². The van der Waals surface area contributed by atoms with Gasteiger partial charge in [0.15, 0.2) is 5.82 Å². The first-order chi connectivity index (χ1) is 14.8. The molecule has 4 rings (SSSR count). The van der Waals surface area contributed by atoms with Crippen LogP contribution in [0.4, 0.5) is 10.2 Å². The van der Waals surface area contributed by atoms with Crippen LogP contribution < -0.4 is 4.90 Å². The Kier molecular flexibility index (Phi) is 5.19. The number of aliphatic hydroxyl groups is 1. The summed E-state index contributed by atoms with van der Waals surface area (Å²) in [7, 11) is 0. The second-order valence-electron chi connectivity index (χ2n) is 7.79. The average molecular weight is 420 g/mol. The molecule has 1 aliphatic rings. The van der Waals surface area contributed by atoms with E-state index in [0.717, 1.165) is 5.56 Å². The minimum atomic E-state index is -0.907. The van der Waals surface area contributed by atoms with Crippen LogP contribution in [0.3, 0.4) is 0 Å². The number of benzene rings is 2. The number of hydrogen-bond donors (Lipinski definition) is 1. The summed E-state index contributed by atoms with van der Waals surface area (Å²) < 4.78 is 18.5. The number of aryl methyl sites for hydroxylation is 1. The number of Topliss-reactive ketones (excluding diaryl/α,β-unsaturated/α-hetero) is 1. The molecular formula is C24H21FN2O4. The summed E-state index contributed by atoms with van der Waals surface area (Å²) in [6.45, 7) is 5.81. The maximum Gasteiger partial charge on any atom is 0.301 e. The van der Waals surface area contributed by atoms with Crippen LogP contribution in [0.25, 0.3) is 5.76 Å². The maximum absolute atomic E-state index is 13.4. The van der Waals surface area contributed by atoms with Crippen LogP contribution in [-0.2, 0) is 9.59 Å². The lowest BCUT2D eigenvalue weighted by Gasteiger charge is -2.23. The maximum atomic E-state index is 13.4. The van der Waals surface area contributed by atoms with Crippen molar-refractivity contribution in [1.82, 2.24) is 5.16 Å². The van der Waals surface area contributed by atoms with E-state index in [1.54, 1.807) is 13.0 Å². The molecule has 31 heavy (non-hydrogen) atoms. The molecule has 0 aliphatic carbocycles. The number of amides is 1. The summed E-state index contributed by atoms with van der Waals surface area (Å²) >= 11 is 0. The monoisotopic (exact) mass is 420 g/mol. The molecule has 1 N–H and O–H groups in total. The molecule has 0 radical (unpaired) electrons. The number of halogens is 1. The number of ketones is 1. The fourth-order valence-electron chi connectivity index (χ4n) is 3.68. The van der Waals surface area contributed by atoms with E-state index in [1.165, 1.54) is 29.2 Å². The third-order valence-electron chi connectivity index (χ3n) is 5.34. The van der Waals surface area contributed by atoms with Crippen molar-refractivity contribution in [3.8, 4) is 0 Å². The van der Waals surface area contributed by atoms with Crippen molar-refractivity contribution in [2.24, 2.45) is 0 Å². The first-order valence-corrected chi connectivity index (χ1v) is 9.88. The molecule has 1 amide bonds. The van der Waals surface area contributed by atoms with Gasteiger partial charge in [-0.15, -0.1) is 0 Å². The van der Waals surface area contributed by atoms with Gasteiger partial charge in [-0.25, -0.2) is 4.39 Å². The summed E-state index contributed by atoms with van der Waals surface area (Å²) in [5.41, 5.74) is 1.87. The molecule has 6 nitrogen and oxygen atoms in total. The Morgan fingerprint density at radius 3 is 2.29 bits per heavy atom. The molecule has 1 atom stereocenters. The van der Waals surface area contributed by atoms with Crippen molar-refractivity contribution in [2.75, 3.05) is 4.90 Å². The van der Waals surface area contributed by atoms with Gasteiger partial charge < -0.3 is 9.63 Å². The summed E-state index contributed by atoms with van der Waals surface area (Å²) in [5.74, 6) is -1.57. The van der Waals surface area contributed by atoms with Gasteiger partial charge in [0.05, 0.1) is 11.6 Å². The smallest absolute Gasteiger partial charge is 0.301 e. The highest BCUT2D eigenvalue weighted by atomic mass is 19.1. The van der Waals surface area contributed by atoms with Gasteiger partial charge in [0, 0.05) is 11.6 Å². The van der Waals surface area contributed by atoms with Crippen LogP contribution in [-0.4, -0.2) is 22.0 Å². The number of nitrogens with zero attached hydrogens (tertiary/aromatic N) is 2. The van der Waals surface area contributed by atoms with E-state index in [9.17, 15) is 19.1 Å². The molecular weight excluding hydrogens is 399 g/mol. The quantitative estimate of drug-likeness (QED) is 0.370.